The predicted molar refractivity (Wildman–Crippen MR) is 130 cm³/mol. The molecule has 0 saturated carbocycles. The molecule has 3 rings (SSSR count). The smallest absolute Gasteiger partial charge is 0.227 e. The highest BCUT2D eigenvalue weighted by molar-refractivity contribution is 14.0. The number of amides is 1. The zero-order valence-corrected chi connectivity index (χ0v) is 20.3. The number of nitrogens with one attached hydrogen (secondary N) is 2. The molecule has 0 bridgehead atoms. The van der Waals surface area contributed by atoms with Crippen LogP contribution in [0, 0.1) is 0 Å². The van der Waals surface area contributed by atoms with Crippen LogP contribution in [0.3, 0.4) is 0 Å². The van der Waals surface area contributed by atoms with Gasteiger partial charge in [0.1, 0.15) is 0 Å². The summed E-state index contributed by atoms with van der Waals surface area (Å²) in [5.74, 6) is 2.16. The van der Waals surface area contributed by atoms with Crippen LogP contribution in [0.4, 0.5) is 5.69 Å². The van der Waals surface area contributed by atoms with Crippen molar-refractivity contribution < 1.29 is 9.32 Å². The molecule has 1 aromatic carbocycles. The van der Waals surface area contributed by atoms with Gasteiger partial charge in [0, 0.05) is 44.2 Å². The molecular weight excluding hydrogens is 493 g/mol. The maximum Gasteiger partial charge on any atom is 0.227 e. The maximum absolute atomic E-state index is 11.9. The van der Waals surface area contributed by atoms with Gasteiger partial charge in [-0.25, -0.2) is 0 Å². The van der Waals surface area contributed by atoms with Crippen molar-refractivity contribution in [2.24, 2.45) is 4.99 Å². The summed E-state index contributed by atoms with van der Waals surface area (Å²) in [6, 6.07) is 10.1. The van der Waals surface area contributed by atoms with Gasteiger partial charge in [0.05, 0.1) is 12.2 Å². The summed E-state index contributed by atoms with van der Waals surface area (Å²) >= 11 is 0. The van der Waals surface area contributed by atoms with Gasteiger partial charge >= 0.3 is 0 Å². The van der Waals surface area contributed by atoms with E-state index in [1.807, 2.05) is 35.2 Å². The number of carbonyl (C=O) groups is 1. The van der Waals surface area contributed by atoms with E-state index in [0.717, 1.165) is 48.5 Å². The fraction of sp³-hybridized carbons (Fsp3) is 0.500. The Morgan fingerprint density at radius 3 is 2.50 bits per heavy atom. The van der Waals surface area contributed by atoms with Crippen LogP contribution in [0.5, 0.6) is 0 Å². The molecule has 1 aliphatic rings. The number of benzene rings is 1. The van der Waals surface area contributed by atoms with Crippen molar-refractivity contribution in [1.82, 2.24) is 15.8 Å². The van der Waals surface area contributed by atoms with E-state index in [1.54, 1.807) is 7.05 Å². The van der Waals surface area contributed by atoms with Gasteiger partial charge in [-0.15, -0.1) is 24.0 Å². The lowest BCUT2D eigenvalue weighted by atomic mass is 9.99. The van der Waals surface area contributed by atoms with Gasteiger partial charge in [0.25, 0.3) is 0 Å². The number of aliphatic imine (C=N–C) groups is 1. The number of anilines is 1. The standard InChI is InChI=1S/C22H31N5O2.HI/c1-4-17(5-2)20-13-19(29-26-20)15-25-22(23-3)24-14-16-8-10-18(11-9-16)27-12-6-7-21(27)28;/h8-11,13,17H,4-7,12,14-15H2,1-3H3,(H2,23,24,25);1H. The summed E-state index contributed by atoms with van der Waals surface area (Å²) < 4.78 is 5.45. The number of aromatic nitrogens is 1. The lowest BCUT2D eigenvalue weighted by Gasteiger charge is -2.16. The second-order valence-electron chi connectivity index (χ2n) is 7.33. The lowest BCUT2D eigenvalue weighted by molar-refractivity contribution is -0.117. The minimum atomic E-state index is 0. The van der Waals surface area contributed by atoms with E-state index >= 15 is 0 Å². The molecule has 0 spiro atoms. The third-order valence-electron chi connectivity index (χ3n) is 5.42. The molecule has 0 unspecified atom stereocenters. The number of rotatable bonds is 8. The first kappa shape index (κ1) is 24.2. The second kappa shape index (κ2) is 11.9. The van der Waals surface area contributed by atoms with E-state index < -0.39 is 0 Å². The van der Waals surface area contributed by atoms with Crippen molar-refractivity contribution in [1.29, 1.82) is 0 Å². The van der Waals surface area contributed by atoms with Crippen LogP contribution in [0.2, 0.25) is 0 Å². The number of halogens is 1. The quantitative estimate of drug-likeness (QED) is 0.307. The average Bonchev–Trinajstić information content (AvgIpc) is 3.39. The first-order valence-electron chi connectivity index (χ1n) is 10.4. The van der Waals surface area contributed by atoms with Crippen molar-refractivity contribution in [3.8, 4) is 0 Å². The van der Waals surface area contributed by atoms with E-state index in [1.165, 1.54) is 0 Å². The Balaban J connectivity index is 0.00000320. The number of guanidine groups is 1. The summed E-state index contributed by atoms with van der Waals surface area (Å²) in [7, 11) is 1.74. The van der Waals surface area contributed by atoms with Crippen LogP contribution < -0.4 is 15.5 Å². The Bertz CT molecular complexity index is 830. The molecule has 164 valence electrons. The molecule has 1 saturated heterocycles. The van der Waals surface area contributed by atoms with Crippen LogP contribution >= 0.6 is 24.0 Å². The monoisotopic (exact) mass is 525 g/mol. The van der Waals surface area contributed by atoms with Crippen LogP contribution in [-0.2, 0) is 17.9 Å². The fourth-order valence-corrected chi connectivity index (χ4v) is 3.60. The minimum absolute atomic E-state index is 0. The predicted octanol–water partition coefficient (Wildman–Crippen LogP) is 4.19. The molecule has 2 aromatic rings. The first-order valence-corrected chi connectivity index (χ1v) is 10.4. The Labute approximate surface area is 195 Å². The van der Waals surface area contributed by atoms with Gasteiger partial charge < -0.3 is 20.1 Å². The van der Waals surface area contributed by atoms with Crippen molar-refractivity contribution in [3.05, 3.63) is 47.3 Å². The number of carbonyl (C=O) groups excluding carboxylic acids is 1. The Morgan fingerprint density at radius 1 is 1.20 bits per heavy atom. The topological polar surface area (TPSA) is 82.8 Å². The van der Waals surface area contributed by atoms with Gasteiger partial charge in [0.2, 0.25) is 5.91 Å². The summed E-state index contributed by atoms with van der Waals surface area (Å²) in [6.45, 7) is 6.32. The minimum Gasteiger partial charge on any atom is -0.359 e. The molecule has 1 fully saturated rings. The number of hydrogen-bond donors (Lipinski definition) is 2. The van der Waals surface area contributed by atoms with E-state index in [4.69, 9.17) is 4.52 Å². The van der Waals surface area contributed by atoms with Crippen molar-refractivity contribution in [2.75, 3.05) is 18.5 Å². The third kappa shape index (κ3) is 6.20. The molecule has 1 amide bonds. The number of hydrogen-bond acceptors (Lipinski definition) is 4. The molecule has 8 heteroatoms. The van der Waals surface area contributed by atoms with Crippen LogP contribution in [0.15, 0.2) is 39.8 Å². The highest BCUT2D eigenvalue weighted by atomic mass is 127. The molecule has 2 heterocycles. The molecule has 1 aliphatic heterocycles. The molecular formula is C22H32IN5O2. The average molecular weight is 525 g/mol. The van der Waals surface area contributed by atoms with Crippen LogP contribution in [0.1, 0.15) is 62.5 Å². The molecule has 0 atom stereocenters. The Hall–Kier alpha value is -2.10. The third-order valence-corrected chi connectivity index (χ3v) is 5.42. The molecule has 30 heavy (non-hydrogen) atoms. The zero-order valence-electron chi connectivity index (χ0n) is 18.0. The van der Waals surface area contributed by atoms with Gasteiger partial charge in [-0.05, 0) is 37.0 Å². The fourth-order valence-electron chi connectivity index (χ4n) is 3.60. The van der Waals surface area contributed by atoms with Gasteiger partial charge in [0.15, 0.2) is 11.7 Å². The molecule has 2 N–H and O–H groups in total. The van der Waals surface area contributed by atoms with Gasteiger partial charge in [-0.1, -0.05) is 31.1 Å². The molecule has 0 aliphatic carbocycles. The maximum atomic E-state index is 11.9. The van der Waals surface area contributed by atoms with Gasteiger partial charge in [-0.3, -0.25) is 9.79 Å². The zero-order chi connectivity index (χ0) is 20.6. The van der Waals surface area contributed by atoms with Crippen molar-refractivity contribution >= 4 is 41.5 Å². The molecule has 1 aromatic heterocycles. The normalized spacial score (nSPS) is 14.2. The Kier molecular flexibility index (Phi) is 9.61. The second-order valence-corrected chi connectivity index (χ2v) is 7.33. The van der Waals surface area contributed by atoms with Crippen LogP contribution in [-0.4, -0.2) is 30.6 Å². The summed E-state index contributed by atoms with van der Waals surface area (Å²) in [4.78, 5) is 18.0. The summed E-state index contributed by atoms with van der Waals surface area (Å²) in [6.07, 6.45) is 3.71. The lowest BCUT2D eigenvalue weighted by Crippen LogP contribution is -2.36. The van der Waals surface area contributed by atoms with Crippen molar-refractivity contribution in [2.45, 2.75) is 58.5 Å². The van der Waals surface area contributed by atoms with Gasteiger partial charge in [-0.2, -0.15) is 0 Å². The number of nitrogens with zero attached hydrogens (tertiary/aromatic N) is 3. The molecule has 7 nitrogen and oxygen atoms in total. The highest BCUT2D eigenvalue weighted by Crippen LogP contribution is 2.23. The highest BCUT2D eigenvalue weighted by Gasteiger charge is 2.21. The van der Waals surface area contributed by atoms with Crippen LogP contribution in [0.25, 0.3) is 0 Å². The van der Waals surface area contributed by atoms with E-state index in [0.29, 0.717) is 31.4 Å². The Morgan fingerprint density at radius 2 is 1.90 bits per heavy atom. The SMILES string of the molecule is CCC(CC)c1cc(CNC(=NC)NCc2ccc(N3CCCC3=O)cc2)on1.I. The van der Waals surface area contributed by atoms with E-state index in [-0.39, 0.29) is 29.9 Å². The summed E-state index contributed by atoms with van der Waals surface area (Å²) in [5, 5.41) is 10.8. The van der Waals surface area contributed by atoms with Crippen molar-refractivity contribution in [3.63, 3.8) is 0 Å². The largest absolute Gasteiger partial charge is 0.359 e. The first-order chi connectivity index (χ1) is 14.1. The van der Waals surface area contributed by atoms with E-state index in [2.05, 4.69) is 34.6 Å². The summed E-state index contributed by atoms with van der Waals surface area (Å²) in [5.41, 5.74) is 3.11. The molecule has 0 radical (unpaired) electrons. The van der Waals surface area contributed by atoms with E-state index in [9.17, 15) is 4.79 Å².